The largest absolute Gasteiger partial charge is 0.480 e. The zero-order valence-corrected chi connectivity index (χ0v) is 19.2. The molecule has 2 aromatic carbocycles. The summed E-state index contributed by atoms with van der Waals surface area (Å²) in [4.78, 5) is 36.9. The third-order valence-electron chi connectivity index (χ3n) is 6.72. The Bertz CT molecular complexity index is 1020. The Morgan fingerprint density at radius 3 is 2.21 bits per heavy atom. The van der Waals surface area contributed by atoms with Crippen LogP contribution in [0.2, 0.25) is 0 Å². The quantitative estimate of drug-likeness (QED) is 0.549. The molecule has 0 saturated carbocycles. The fraction of sp³-hybridized carbons (Fsp3) is 0.423. The second kappa shape index (κ2) is 10.3. The molecule has 8 nitrogen and oxygen atoms in total. The van der Waals surface area contributed by atoms with E-state index in [4.69, 9.17) is 9.47 Å². The van der Waals surface area contributed by atoms with Crippen LogP contribution in [0.15, 0.2) is 48.5 Å². The van der Waals surface area contributed by atoms with E-state index in [1.54, 1.807) is 0 Å². The number of carbonyl (C=O) groups is 3. The van der Waals surface area contributed by atoms with E-state index in [0.29, 0.717) is 6.42 Å². The first-order valence-corrected chi connectivity index (χ1v) is 11.7. The van der Waals surface area contributed by atoms with Gasteiger partial charge in [0.1, 0.15) is 12.1 Å². The highest BCUT2D eigenvalue weighted by Gasteiger charge is 2.41. The van der Waals surface area contributed by atoms with Crippen molar-refractivity contribution in [2.24, 2.45) is 0 Å². The number of hydrogen-bond acceptors (Lipinski definition) is 5. The molecule has 8 heteroatoms. The molecule has 1 heterocycles. The predicted octanol–water partition coefficient (Wildman–Crippen LogP) is 3.44. The minimum Gasteiger partial charge on any atom is -0.480 e. The van der Waals surface area contributed by atoms with Gasteiger partial charge < -0.3 is 25.2 Å². The SMILES string of the molecule is CCC(CC(=O)NC1(C(=O)O)CCOCC1)NC(=O)OCC1c2ccccc2-c2ccccc21. The number of fused-ring (bicyclic) bond motifs is 3. The molecule has 0 radical (unpaired) electrons. The van der Waals surface area contributed by atoms with Gasteiger partial charge in [0, 0.05) is 44.4 Å². The highest BCUT2D eigenvalue weighted by molar-refractivity contribution is 5.87. The molecule has 3 N–H and O–H groups in total. The molecule has 1 atom stereocenters. The van der Waals surface area contributed by atoms with Crippen LogP contribution >= 0.6 is 0 Å². The fourth-order valence-corrected chi connectivity index (χ4v) is 4.76. The van der Waals surface area contributed by atoms with Crippen LogP contribution in [0.5, 0.6) is 0 Å². The Morgan fingerprint density at radius 2 is 1.65 bits per heavy atom. The molecule has 4 rings (SSSR count). The van der Waals surface area contributed by atoms with Crippen molar-refractivity contribution < 1.29 is 29.0 Å². The molecule has 1 aliphatic carbocycles. The number of carboxylic acid groups (broad SMARTS) is 1. The maximum absolute atomic E-state index is 12.6. The molecule has 2 aliphatic rings. The van der Waals surface area contributed by atoms with Crippen LogP contribution in [0.25, 0.3) is 11.1 Å². The third kappa shape index (κ3) is 4.92. The van der Waals surface area contributed by atoms with E-state index >= 15 is 0 Å². The third-order valence-corrected chi connectivity index (χ3v) is 6.72. The number of aliphatic carboxylic acids is 1. The minimum absolute atomic E-state index is 0.0312. The van der Waals surface area contributed by atoms with Gasteiger partial charge in [-0.1, -0.05) is 55.5 Å². The number of rotatable bonds is 8. The summed E-state index contributed by atoms with van der Waals surface area (Å²) in [6, 6.07) is 15.7. The van der Waals surface area contributed by atoms with Crippen molar-refractivity contribution >= 4 is 18.0 Å². The molecule has 0 aromatic heterocycles. The molecule has 0 bridgehead atoms. The van der Waals surface area contributed by atoms with Crippen molar-refractivity contribution in [2.45, 2.75) is 50.1 Å². The van der Waals surface area contributed by atoms with Gasteiger partial charge >= 0.3 is 12.1 Å². The Morgan fingerprint density at radius 1 is 1.06 bits per heavy atom. The Kier molecular flexibility index (Phi) is 7.17. The monoisotopic (exact) mass is 466 g/mol. The predicted molar refractivity (Wildman–Crippen MR) is 125 cm³/mol. The minimum atomic E-state index is -1.32. The van der Waals surface area contributed by atoms with Crippen LogP contribution in [0.3, 0.4) is 0 Å². The second-order valence-electron chi connectivity index (χ2n) is 8.83. The van der Waals surface area contributed by atoms with Gasteiger partial charge in [-0.05, 0) is 28.7 Å². The van der Waals surface area contributed by atoms with E-state index in [0.717, 1.165) is 22.3 Å². The molecule has 1 saturated heterocycles. The van der Waals surface area contributed by atoms with Crippen molar-refractivity contribution in [3.8, 4) is 11.1 Å². The van der Waals surface area contributed by atoms with Gasteiger partial charge in [0.2, 0.25) is 5.91 Å². The summed E-state index contributed by atoms with van der Waals surface area (Å²) in [6.45, 7) is 2.59. The highest BCUT2D eigenvalue weighted by Crippen LogP contribution is 2.44. The zero-order valence-electron chi connectivity index (χ0n) is 19.2. The van der Waals surface area contributed by atoms with Crippen molar-refractivity contribution in [3.05, 3.63) is 59.7 Å². The average molecular weight is 467 g/mol. The summed E-state index contributed by atoms with van der Waals surface area (Å²) in [7, 11) is 0. The van der Waals surface area contributed by atoms with Gasteiger partial charge in [-0.15, -0.1) is 0 Å². The van der Waals surface area contributed by atoms with Gasteiger partial charge in [-0.25, -0.2) is 9.59 Å². The molecular weight excluding hydrogens is 436 g/mol. The van der Waals surface area contributed by atoms with Gasteiger partial charge in [0.15, 0.2) is 0 Å². The van der Waals surface area contributed by atoms with E-state index < -0.39 is 29.6 Å². The van der Waals surface area contributed by atoms with Crippen molar-refractivity contribution in [1.82, 2.24) is 10.6 Å². The van der Waals surface area contributed by atoms with E-state index in [2.05, 4.69) is 34.9 Å². The first kappa shape index (κ1) is 23.8. The van der Waals surface area contributed by atoms with Crippen molar-refractivity contribution in [1.29, 1.82) is 0 Å². The Hall–Kier alpha value is -3.39. The van der Waals surface area contributed by atoms with Crippen LogP contribution in [-0.2, 0) is 19.1 Å². The van der Waals surface area contributed by atoms with Crippen LogP contribution in [0.4, 0.5) is 4.79 Å². The number of benzene rings is 2. The summed E-state index contributed by atoms with van der Waals surface area (Å²) in [5.74, 6) is -1.54. The lowest BCUT2D eigenvalue weighted by Gasteiger charge is -2.34. The van der Waals surface area contributed by atoms with Crippen LogP contribution in [-0.4, -0.2) is 54.5 Å². The molecule has 34 heavy (non-hydrogen) atoms. The zero-order chi connectivity index (χ0) is 24.1. The van der Waals surface area contributed by atoms with E-state index in [1.807, 2.05) is 31.2 Å². The number of amides is 2. The Balaban J connectivity index is 1.33. The van der Waals surface area contributed by atoms with Crippen LogP contribution in [0, 0.1) is 0 Å². The number of carboxylic acids is 1. The van der Waals surface area contributed by atoms with E-state index in [9.17, 15) is 19.5 Å². The summed E-state index contributed by atoms with van der Waals surface area (Å²) in [5.41, 5.74) is 3.22. The lowest BCUT2D eigenvalue weighted by Crippen LogP contribution is -2.58. The van der Waals surface area contributed by atoms with Gasteiger partial charge in [-0.2, -0.15) is 0 Å². The first-order chi connectivity index (χ1) is 16.4. The Labute approximate surface area is 198 Å². The summed E-state index contributed by atoms with van der Waals surface area (Å²) >= 11 is 0. The number of carbonyl (C=O) groups excluding carboxylic acids is 2. The fourth-order valence-electron chi connectivity index (χ4n) is 4.76. The highest BCUT2D eigenvalue weighted by atomic mass is 16.5. The first-order valence-electron chi connectivity index (χ1n) is 11.7. The molecule has 180 valence electrons. The van der Waals surface area contributed by atoms with Gasteiger partial charge in [0.25, 0.3) is 0 Å². The van der Waals surface area contributed by atoms with Gasteiger partial charge in [-0.3, -0.25) is 4.79 Å². The van der Waals surface area contributed by atoms with Gasteiger partial charge in [0.05, 0.1) is 0 Å². The topological polar surface area (TPSA) is 114 Å². The normalized spacial score (nSPS) is 17.2. The van der Waals surface area contributed by atoms with Crippen molar-refractivity contribution in [3.63, 3.8) is 0 Å². The molecule has 0 spiro atoms. The standard InChI is InChI=1S/C26H30N2O6/c1-2-17(15-23(29)28-26(24(30)31)11-13-33-14-12-26)27-25(32)34-16-22-20-9-5-3-7-18(20)19-8-4-6-10-21(19)22/h3-10,17,22H,2,11-16H2,1H3,(H,27,32)(H,28,29)(H,30,31). The molecule has 2 aromatic rings. The van der Waals surface area contributed by atoms with E-state index in [1.165, 1.54) is 0 Å². The molecule has 2 amide bonds. The number of ether oxygens (including phenoxy) is 2. The second-order valence-corrected chi connectivity index (χ2v) is 8.83. The lowest BCUT2D eigenvalue weighted by molar-refractivity contribution is -0.152. The average Bonchev–Trinajstić information content (AvgIpc) is 3.16. The lowest BCUT2D eigenvalue weighted by atomic mass is 9.89. The smallest absolute Gasteiger partial charge is 0.407 e. The summed E-state index contributed by atoms with van der Waals surface area (Å²) in [5, 5.41) is 15.0. The number of nitrogens with one attached hydrogen (secondary N) is 2. The van der Waals surface area contributed by atoms with Crippen LogP contribution < -0.4 is 10.6 Å². The number of hydrogen-bond donors (Lipinski definition) is 3. The van der Waals surface area contributed by atoms with E-state index in [-0.39, 0.29) is 45.0 Å². The summed E-state index contributed by atoms with van der Waals surface area (Å²) in [6.07, 6.45) is 0.299. The van der Waals surface area contributed by atoms with Crippen molar-refractivity contribution in [2.75, 3.05) is 19.8 Å². The number of alkyl carbamates (subject to hydrolysis) is 1. The summed E-state index contributed by atoms with van der Waals surface area (Å²) < 4.78 is 10.8. The molecular formula is C26H30N2O6. The maximum Gasteiger partial charge on any atom is 0.407 e. The molecule has 1 aliphatic heterocycles. The van der Waals surface area contributed by atoms with Crippen LogP contribution in [0.1, 0.15) is 49.7 Å². The maximum atomic E-state index is 12.6. The molecule has 1 unspecified atom stereocenters. The molecule has 1 fully saturated rings.